The molecule has 0 aliphatic heterocycles. The van der Waals surface area contributed by atoms with Crippen molar-refractivity contribution in [1.82, 2.24) is 0 Å². The largest absolute Gasteiger partial charge is 0.384 e. The van der Waals surface area contributed by atoms with Crippen LogP contribution in [0.5, 0.6) is 0 Å². The zero-order valence-corrected chi connectivity index (χ0v) is 12.9. The third-order valence-electron chi connectivity index (χ3n) is 2.97. The average Bonchev–Trinajstić information content (AvgIpc) is 2.37. The fourth-order valence-electron chi connectivity index (χ4n) is 1.63. The molecule has 0 aliphatic carbocycles. The maximum atomic E-state index is 9.67. The second kappa shape index (κ2) is 17.4. The summed E-state index contributed by atoms with van der Waals surface area (Å²) < 4.78 is 0. The Bertz CT molecular complexity index is 175. The fraction of sp³-hybridized carbons (Fsp3) is 0.933. The van der Waals surface area contributed by atoms with Crippen molar-refractivity contribution in [3.63, 3.8) is 0 Å². The van der Waals surface area contributed by atoms with Gasteiger partial charge in [-0.3, -0.25) is 4.79 Å². The van der Waals surface area contributed by atoms with Crippen LogP contribution in [0.25, 0.3) is 0 Å². The molecular weight excluding hydrogens is 240 g/mol. The minimum Gasteiger partial charge on any atom is -0.384 e. The van der Waals surface area contributed by atoms with Crippen LogP contribution in [0.4, 0.5) is 0 Å². The maximum absolute atomic E-state index is 9.67. The van der Waals surface area contributed by atoms with E-state index in [0.29, 0.717) is 0 Å². The average molecular weight is 274 g/mol. The van der Waals surface area contributed by atoms with Crippen LogP contribution in [-0.2, 0) is 4.79 Å². The van der Waals surface area contributed by atoms with Crippen molar-refractivity contribution in [2.45, 2.75) is 84.2 Å². The number of aliphatic hydroxyl groups excluding tert-OH is 1. The molecule has 1 amide bonds. The normalized spacial score (nSPS) is 11.6. The Labute approximate surface area is 118 Å². The molecule has 4 heteroatoms. The summed E-state index contributed by atoms with van der Waals surface area (Å²) in [5.74, 6) is -0.685. The van der Waals surface area contributed by atoms with Gasteiger partial charge in [0, 0.05) is 0 Å². The monoisotopic (exact) mass is 274 g/mol. The Morgan fingerprint density at radius 1 is 0.947 bits per heavy atom. The molecule has 0 aromatic carbocycles. The quantitative estimate of drug-likeness (QED) is 0.506. The SMILES string of the molecule is CC(O)C(N)=O.CCCCCCCCCCCCN. The van der Waals surface area contributed by atoms with E-state index in [4.69, 9.17) is 10.8 Å². The van der Waals surface area contributed by atoms with Crippen molar-refractivity contribution >= 4 is 5.91 Å². The van der Waals surface area contributed by atoms with Crippen LogP contribution in [0.15, 0.2) is 0 Å². The van der Waals surface area contributed by atoms with Gasteiger partial charge in [0.05, 0.1) is 0 Å². The van der Waals surface area contributed by atoms with Crippen molar-refractivity contribution in [3.8, 4) is 0 Å². The standard InChI is InChI=1S/C12H27N.C3H7NO2/c1-2-3-4-5-6-7-8-9-10-11-12-13;1-2(5)3(4)6/h2-13H2,1H3;2,5H,1H3,(H2,4,6). The lowest BCUT2D eigenvalue weighted by Crippen LogP contribution is -2.24. The summed E-state index contributed by atoms with van der Waals surface area (Å²) in [6.45, 7) is 4.46. The third kappa shape index (κ3) is 23.0. The van der Waals surface area contributed by atoms with E-state index in [1.165, 1.54) is 71.1 Å². The number of rotatable bonds is 11. The molecule has 4 nitrogen and oxygen atoms in total. The van der Waals surface area contributed by atoms with Crippen molar-refractivity contribution < 1.29 is 9.90 Å². The van der Waals surface area contributed by atoms with Crippen molar-refractivity contribution in [1.29, 1.82) is 0 Å². The summed E-state index contributed by atoms with van der Waals surface area (Å²) in [6.07, 6.45) is 12.9. The Morgan fingerprint density at radius 2 is 1.26 bits per heavy atom. The molecule has 0 radical (unpaired) electrons. The van der Waals surface area contributed by atoms with Gasteiger partial charge < -0.3 is 16.6 Å². The Balaban J connectivity index is 0. The van der Waals surface area contributed by atoms with Crippen LogP contribution in [-0.4, -0.2) is 23.7 Å². The number of hydrogen-bond acceptors (Lipinski definition) is 3. The highest BCUT2D eigenvalue weighted by atomic mass is 16.3. The van der Waals surface area contributed by atoms with Gasteiger partial charge in [0.2, 0.25) is 5.91 Å². The van der Waals surface area contributed by atoms with E-state index in [1.54, 1.807) is 0 Å². The number of primary amides is 1. The van der Waals surface area contributed by atoms with E-state index >= 15 is 0 Å². The van der Waals surface area contributed by atoms with Gasteiger partial charge in [0.25, 0.3) is 0 Å². The van der Waals surface area contributed by atoms with Gasteiger partial charge in [0.15, 0.2) is 0 Å². The molecule has 0 bridgehead atoms. The molecule has 19 heavy (non-hydrogen) atoms. The zero-order valence-electron chi connectivity index (χ0n) is 12.9. The van der Waals surface area contributed by atoms with Gasteiger partial charge in [-0.15, -0.1) is 0 Å². The number of hydrogen-bond donors (Lipinski definition) is 3. The summed E-state index contributed by atoms with van der Waals surface area (Å²) in [7, 11) is 0. The first-order valence-corrected chi connectivity index (χ1v) is 7.73. The first-order valence-electron chi connectivity index (χ1n) is 7.73. The van der Waals surface area contributed by atoms with Gasteiger partial charge in [-0.2, -0.15) is 0 Å². The molecule has 0 heterocycles. The van der Waals surface area contributed by atoms with Crippen molar-refractivity contribution in [2.75, 3.05) is 6.54 Å². The van der Waals surface area contributed by atoms with Crippen LogP contribution in [0, 0.1) is 0 Å². The molecular formula is C15H34N2O2. The fourth-order valence-corrected chi connectivity index (χ4v) is 1.63. The molecule has 0 aromatic heterocycles. The number of aliphatic hydroxyl groups is 1. The molecule has 0 saturated carbocycles. The number of amides is 1. The lowest BCUT2D eigenvalue weighted by Gasteiger charge is -2.00. The van der Waals surface area contributed by atoms with E-state index in [-0.39, 0.29) is 0 Å². The van der Waals surface area contributed by atoms with Crippen LogP contribution >= 0.6 is 0 Å². The molecule has 0 spiro atoms. The first kappa shape index (κ1) is 20.7. The summed E-state index contributed by atoms with van der Waals surface area (Å²) in [4.78, 5) is 9.67. The summed E-state index contributed by atoms with van der Waals surface area (Å²) >= 11 is 0. The van der Waals surface area contributed by atoms with Crippen LogP contribution in [0.3, 0.4) is 0 Å². The van der Waals surface area contributed by atoms with E-state index in [9.17, 15) is 4.79 Å². The number of carbonyl (C=O) groups is 1. The Hall–Kier alpha value is -0.610. The second-order valence-corrected chi connectivity index (χ2v) is 5.05. The lowest BCUT2D eigenvalue weighted by molar-refractivity contribution is -0.125. The summed E-state index contributed by atoms with van der Waals surface area (Å²) in [5.41, 5.74) is 9.97. The minimum absolute atomic E-state index is 0.685. The van der Waals surface area contributed by atoms with E-state index in [0.717, 1.165) is 6.54 Å². The minimum atomic E-state index is -1.01. The van der Waals surface area contributed by atoms with Crippen molar-refractivity contribution in [3.05, 3.63) is 0 Å². The predicted octanol–water partition coefficient (Wildman–Crippen LogP) is 2.72. The van der Waals surface area contributed by atoms with E-state index < -0.39 is 12.0 Å². The molecule has 0 aromatic rings. The Morgan fingerprint density at radius 3 is 1.53 bits per heavy atom. The highest BCUT2D eigenvalue weighted by Gasteiger charge is 1.98. The van der Waals surface area contributed by atoms with Crippen molar-refractivity contribution in [2.24, 2.45) is 11.5 Å². The van der Waals surface area contributed by atoms with E-state index in [2.05, 4.69) is 12.7 Å². The highest BCUT2D eigenvalue weighted by molar-refractivity contribution is 5.77. The molecule has 1 atom stereocenters. The second-order valence-electron chi connectivity index (χ2n) is 5.05. The third-order valence-corrected chi connectivity index (χ3v) is 2.97. The first-order chi connectivity index (χ1) is 9.06. The lowest BCUT2D eigenvalue weighted by atomic mass is 10.1. The van der Waals surface area contributed by atoms with Gasteiger partial charge in [-0.1, -0.05) is 64.7 Å². The van der Waals surface area contributed by atoms with Gasteiger partial charge in [-0.25, -0.2) is 0 Å². The summed E-state index contributed by atoms with van der Waals surface area (Å²) in [5, 5.41) is 8.16. The molecule has 0 rings (SSSR count). The van der Waals surface area contributed by atoms with Crippen LogP contribution in [0.1, 0.15) is 78.1 Å². The number of nitrogens with two attached hydrogens (primary N) is 2. The summed E-state index contributed by atoms with van der Waals surface area (Å²) in [6, 6.07) is 0. The Kier molecular flexibility index (Phi) is 18.9. The molecule has 0 aliphatic rings. The molecule has 0 fully saturated rings. The van der Waals surface area contributed by atoms with Crippen LogP contribution in [0.2, 0.25) is 0 Å². The molecule has 0 saturated heterocycles. The number of unbranched alkanes of at least 4 members (excludes halogenated alkanes) is 9. The van der Waals surface area contributed by atoms with Crippen LogP contribution < -0.4 is 11.5 Å². The molecule has 5 N–H and O–H groups in total. The maximum Gasteiger partial charge on any atom is 0.245 e. The number of carbonyl (C=O) groups excluding carboxylic acids is 1. The predicted molar refractivity (Wildman–Crippen MR) is 81.8 cm³/mol. The zero-order chi connectivity index (χ0) is 14.9. The smallest absolute Gasteiger partial charge is 0.245 e. The molecule has 116 valence electrons. The van der Waals surface area contributed by atoms with Gasteiger partial charge >= 0.3 is 0 Å². The highest BCUT2D eigenvalue weighted by Crippen LogP contribution is 2.09. The van der Waals surface area contributed by atoms with Gasteiger partial charge in [0.1, 0.15) is 6.10 Å². The molecule has 1 unspecified atom stereocenters. The topological polar surface area (TPSA) is 89.3 Å². The van der Waals surface area contributed by atoms with E-state index in [1.807, 2.05) is 0 Å². The van der Waals surface area contributed by atoms with Gasteiger partial charge in [-0.05, 0) is 19.9 Å².